The Kier molecular flexibility index (Phi) is 6.30. The molecule has 4 heteroatoms. The van der Waals surface area contributed by atoms with Crippen molar-refractivity contribution in [2.75, 3.05) is 26.3 Å². The van der Waals surface area contributed by atoms with Gasteiger partial charge in [0.1, 0.15) is 5.75 Å². The van der Waals surface area contributed by atoms with Crippen LogP contribution in [0.5, 0.6) is 5.75 Å². The fourth-order valence-corrected chi connectivity index (χ4v) is 2.31. The molecule has 0 aromatic heterocycles. The predicted molar refractivity (Wildman–Crippen MR) is 79.0 cm³/mol. The van der Waals surface area contributed by atoms with Crippen LogP contribution in [0.2, 0.25) is 0 Å². The maximum Gasteiger partial charge on any atom is 0.119 e. The number of hydrogen-bond donors (Lipinski definition) is 2. The summed E-state index contributed by atoms with van der Waals surface area (Å²) in [6.45, 7) is 5.04. The summed E-state index contributed by atoms with van der Waals surface area (Å²) in [4.78, 5) is 0. The summed E-state index contributed by atoms with van der Waals surface area (Å²) in [5.74, 6) is 0.857. The molecule has 112 valence electrons. The summed E-state index contributed by atoms with van der Waals surface area (Å²) in [6, 6.07) is 7.66. The lowest BCUT2D eigenvalue weighted by Crippen LogP contribution is -2.29. The van der Waals surface area contributed by atoms with Crippen molar-refractivity contribution in [3.63, 3.8) is 0 Å². The monoisotopic (exact) mass is 279 g/mol. The van der Waals surface area contributed by atoms with Crippen molar-refractivity contribution in [3.8, 4) is 5.75 Å². The Balaban J connectivity index is 1.72. The molecule has 0 spiro atoms. The maximum absolute atomic E-state index is 10.1. The second-order valence-electron chi connectivity index (χ2n) is 5.23. The molecule has 2 unspecified atom stereocenters. The van der Waals surface area contributed by atoms with E-state index < -0.39 is 6.10 Å². The second-order valence-corrected chi connectivity index (χ2v) is 5.23. The van der Waals surface area contributed by atoms with Gasteiger partial charge in [-0.1, -0.05) is 19.1 Å². The van der Waals surface area contributed by atoms with Gasteiger partial charge in [0.15, 0.2) is 0 Å². The number of benzene rings is 1. The molecule has 1 heterocycles. The summed E-state index contributed by atoms with van der Waals surface area (Å²) in [6.07, 6.45) is 3.08. The van der Waals surface area contributed by atoms with E-state index in [2.05, 4.69) is 12.2 Å². The highest BCUT2D eigenvalue weighted by Gasteiger charge is 2.15. The van der Waals surface area contributed by atoms with E-state index in [0.717, 1.165) is 50.3 Å². The molecule has 1 fully saturated rings. The molecule has 1 saturated heterocycles. The van der Waals surface area contributed by atoms with Crippen LogP contribution in [0, 0.1) is 0 Å². The van der Waals surface area contributed by atoms with Crippen LogP contribution in [-0.4, -0.2) is 37.5 Å². The van der Waals surface area contributed by atoms with Crippen molar-refractivity contribution >= 4 is 0 Å². The molecule has 0 radical (unpaired) electrons. The summed E-state index contributed by atoms with van der Waals surface area (Å²) in [5.41, 5.74) is 0.911. The van der Waals surface area contributed by atoms with Crippen LogP contribution in [0.25, 0.3) is 0 Å². The second kappa shape index (κ2) is 8.25. The van der Waals surface area contributed by atoms with Gasteiger partial charge in [-0.3, -0.25) is 0 Å². The Morgan fingerprint density at radius 3 is 2.85 bits per heavy atom. The average Bonchev–Trinajstić information content (AvgIpc) is 2.99. The largest absolute Gasteiger partial charge is 0.494 e. The minimum atomic E-state index is -0.489. The van der Waals surface area contributed by atoms with Gasteiger partial charge in [0.2, 0.25) is 0 Å². The molecule has 1 aliphatic rings. The van der Waals surface area contributed by atoms with E-state index >= 15 is 0 Å². The van der Waals surface area contributed by atoms with Crippen LogP contribution >= 0.6 is 0 Å². The van der Waals surface area contributed by atoms with Crippen molar-refractivity contribution in [3.05, 3.63) is 29.8 Å². The SMILES string of the molecule is CCCOc1ccc(C(O)CNCC2CCCO2)cc1. The van der Waals surface area contributed by atoms with Gasteiger partial charge in [0.05, 0.1) is 18.8 Å². The first-order chi connectivity index (χ1) is 9.79. The molecule has 2 rings (SSSR count). The maximum atomic E-state index is 10.1. The van der Waals surface area contributed by atoms with Crippen LogP contribution in [0.4, 0.5) is 0 Å². The number of nitrogens with one attached hydrogen (secondary N) is 1. The standard InChI is InChI=1S/C16H25NO3/c1-2-9-19-14-7-5-13(6-8-14)16(18)12-17-11-15-4-3-10-20-15/h5-8,15-18H,2-4,9-12H2,1H3. The zero-order chi connectivity index (χ0) is 14.2. The Hall–Kier alpha value is -1.10. The molecular formula is C16H25NO3. The van der Waals surface area contributed by atoms with E-state index in [4.69, 9.17) is 9.47 Å². The highest BCUT2D eigenvalue weighted by atomic mass is 16.5. The minimum Gasteiger partial charge on any atom is -0.494 e. The van der Waals surface area contributed by atoms with Crippen molar-refractivity contribution in [1.29, 1.82) is 0 Å². The predicted octanol–water partition coefficient (Wildman–Crippen LogP) is 2.28. The summed E-state index contributed by atoms with van der Waals surface area (Å²) >= 11 is 0. The Morgan fingerprint density at radius 1 is 1.40 bits per heavy atom. The van der Waals surface area contributed by atoms with E-state index in [1.165, 1.54) is 0 Å². The number of hydrogen-bond acceptors (Lipinski definition) is 4. The van der Waals surface area contributed by atoms with Crippen molar-refractivity contribution < 1.29 is 14.6 Å². The third kappa shape index (κ3) is 4.78. The molecule has 0 amide bonds. The van der Waals surface area contributed by atoms with Gasteiger partial charge < -0.3 is 19.9 Å². The van der Waals surface area contributed by atoms with Gasteiger partial charge in [-0.2, -0.15) is 0 Å². The summed E-state index contributed by atoms with van der Waals surface area (Å²) < 4.78 is 11.1. The molecule has 20 heavy (non-hydrogen) atoms. The van der Waals surface area contributed by atoms with Crippen molar-refractivity contribution in [2.24, 2.45) is 0 Å². The van der Waals surface area contributed by atoms with Gasteiger partial charge in [0, 0.05) is 19.7 Å². The van der Waals surface area contributed by atoms with Gasteiger partial charge >= 0.3 is 0 Å². The molecular weight excluding hydrogens is 254 g/mol. The van der Waals surface area contributed by atoms with Crippen LogP contribution in [0.1, 0.15) is 37.9 Å². The molecule has 0 saturated carbocycles. The number of aliphatic hydroxyl groups is 1. The Morgan fingerprint density at radius 2 is 2.20 bits per heavy atom. The first-order valence-corrected chi connectivity index (χ1v) is 7.52. The van der Waals surface area contributed by atoms with Crippen LogP contribution in [0.3, 0.4) is 0 Å². The Bertz CT molecular complexity index is 374. The first-order valence-electron chi connectivity index (χ1n) is 7.52. The lowest BCUT2D eigenvalue weighted by molar-refractivity contribution is 0.103. The zero-order valence-electron chi connectivity index (χ0n) is 12.2. The minimum absolute atomic E-state index is 0.312. The molecule has 4 nitrogen and oxygen atoms in total. The van der Waals surface area contributed by atoms with Crippen LogP contribution in [-0.2, 0) is 4.74 Å². The summed E-state index contributed by atoms with van der Waals surface area (Å²) in [7, 11) is 0. The lowest BCUT2D eigenvalue weighted by atomic mass is 10.1. The quantitative estimate of drug-likeness (QED) is 0.766. The lowest BCUT2D eigenvalue weighted by Gasteiger charge is -2.15. The smallest absolute Gasteiger partial charge is 0.119 e. The molecule has 1 aromatic carbocycles. The van der Waals surface area contributed by atoms with Gasteiger partial charge in [-0.15, -0.1) is 0 Å². The van der Waals surface area contributed by atoms with E-state index in [1.54, 1.807) is 0 Å². The molecule has 0 bridgehead atoms. The number of ether oxygens (including phenoxy) is 2. The fourth-order valence-electron chi connectivity index (χ4n) is 2.31. The van der Waals surface area contributed by atoms with Gasteiger partial charge in [-0.25, -0.2) is 0 Å². The number of rotatable bonds is 8. The van der Waals surface area contributed by atoms with Crippen LogP contribution in [0.15, 0.2) is 24.3 Å². The van der Waals surface area contributed by atoms with Crippen molar-refractivity contribution in [1.82, 2.24) is 5.32 Å². The van der Waals surface area contributed by atoms with E-state index in [9.17, 15) is 5.11 Å². The molecule has 1 aliphatic heterocycles. The topological polar surface area (TPSA) is 50.7 Å². The third-order valence-corrected chi connectivity index (χ3v) is 3.47. The van der Waals surface area contributed by atoms with Gasteiger partial charge in [0.25, 0.3) is 0 Å². The third-order valence-electron chi connectivity index (χ3n) is 3.47. The molecule has 1 aromatic rings. The van der Waals surface area contributed by atoms with E-state index in [-0.39, 0.29) is 0 Å². The van der Waals surface area contributed by atoms with Crippen molar-refractivity contribution in [2.45, 2.75) is 38.4 Å². The zero-order valence-corrected chi connectivity index (χ0v) is 12.2. The van der Waals surface area contributed by atoms with E-state index in [1.807, 2.05) is 24.3 Å². The average molecular weight is 279 g/mol. The normalized spacial score (nSPS) is 20.0. The summed E-state index contributed by atoms with van der Waals surface area (Å²) in [5, 5.41) is 13.4. The number of aliphatic hydroxyl groups excluding tert-OH is 1. The highest BCUT2D eigenvalue weighted by Crippen LogP contribution is 2.18. The van der Waals surface area contributed by atoms with Gasteiger partial charge in [-0.05, 0) is 37.0 Å². The van der Waals surface area contributed by atoms with E-state index in [0.29, 0.717) is 12.6 Å². The molecule has 0 aliphatic carbocycles. The highest BCUT2D eigenvalue weighted by molar-refractivity contribution is 5.28. The Labute approximate surface area is 121 Å². The fraction of sp³-hybridized carbons (Fsp3) is 0.625. The van der Waals surface area contributed by atoms with Crippen LogP contribution < -0.4 is 10.1 Å². The molecule has 2 N–H and O–H groups in total. The first kappa shape index (κ1) is 15.3. The molecule has 2 atom stereocenters.